The molecule has 0 aromatic carbocycles. The molecule has 0 saturated heterocycles. The predicted molar refractivity (Wildman–Crippen MR) is 57.8 cm³/mol. The second-order valence-electron chi connectivity index (χ2n) is 3.93. The highest BCUT2D eigenvalue weighted by Crippen LogP contribution is 2.27. The standard InChI is InChI=1S/C12H17FO2/c1-4-14-10-5-6-11(15-9-13)8-12(2,3)7-10/h5-8H,4,9H2,1-3H3. The topological polar surface area (TPSA) is 18.5 Å². The highest BCUT2D eigenvalue weighted by molar-refractivity contribution is 5.30. The molecule has 0 unspecified atom stereocenters. The van der Waals surface area contributed by atoms with E-state index < -0.39 is 6.86 Å². The fraction of sp³-hybridized carbons (Fsp3) is 0.500. The first-order valence-corrected chi connectivity index (χ1v) is 5.03. The SMILES string of the molecule is CCOC1=CC(C)(C)C=C(OCF)C=C1. The molecule has 0 atom stereocenters. The Morgan fingerprint density at radius 2 is 1.67 bits per heavy atom. The summed E-state index contributed by atoms with van der Waals surface area (Å²) in [6.45, 7) is 5.77. The van der Waals surface area contributed by atoms with Gasteiger partial charge in [-0.3, -0.25) is 0 Å². The minimum absolute atomic E-state index is 0.196. The Bertz CT molecular complexity index is 273. The number of rotatable bonds is 4. The maximum Gasteiger partial charge on any atom is 0.228 e. The molecule has 0 saturated carbocycles. The van der Waals surface area contributed by atoms with Gasteiger partial charge in [0.25, 0.3) is 0 Å². The first kappa shape index (κ1) is 11.8. The molecule has 0 spiro atoms. The van der Waals surface area contributed by atoms with Gasteiger partial charge < -0.3 is 9.47 Å². The van der Waals surface area contributed by atoms with Gasteiger partial charge in [0.05, 0.1) is 6.61 Å². The summed E-state index contributed by atoms with van der Waals surface area (Å²) in [6, 6.07) is 0. The lowest BCUT2D eigenvalue weighted by molar-refractivity contribution is 0.122. The lowest BCUT2D eigenvalue weighted by Gasteiger charge is -2.16. The van der Waals surface area contributed by atoms with Crippen LogP contribution in [0.2, 0.25) is 0 Å². The molecule has 0 aromatic heterocycles. The van der Waals surface area contributed by atoms with Gasteiger partial charge in [0.1, 0.15) is 11.5 Å². The Hall–Kier alpha value is -1.25. The number of hydrogen-bond acceptors (Lipinski definition) is 2. The fourth-order valence-corrected chi connectivity index (χ4v) is 1.44. The lowest BCUT2D eigenvalue weighted by atomic mass is 9.92. The summed E-state index contributed by atoms with van der Waals surface area (Å²) >= 11 is 0. The van der Waals surface area contributed by atoms with Crippen molar-refractivity contribution in [2.75, 3.05) is 13.5 Å². The third-order valence-electron chi connectivity index (χ3n) is 1.97. The molecule has 0 aliphatic heterocycles. The van der Waals surface area contributed by atoms with Crippen LogP contribution in [0.5, 0.6) is 0 Å². The van der Waals surface area contributed by atoms with Gasteiger partial charge in [0.15, 0.2) is 0 Å². The van der Waals surface area contributed by atoms with Crippen molar-refractivity contribution in [3.63, 3.8) is 0 Å². The van der Waals surface area contributed by atoms with E-state index in [2.05, 4.69) is 0 Å². The van der Waals surface area contributed by atoms with Gasteiger partial charge >= 0.3 is 0 Å². The molecule has 0 N–H and O–H groups in total. The lowest BCUT2D eigenvalue weighted by Crippen LogP contribution is -2.05. The molecule has 0 fully saturated rings. The third-order valence-corrected chi connectivity index (χ3v) is 1.97. The first-order valence-electron chi connectivity index (χ1n) is 5.03. The molecule has 2 nitrogen and oxygen atoms in total. The summed E-state index contributed by atoms with van der Waals surface area (Å²) in [5, 5.41) is 0. The number of ether oxygens (including phenoxy) is 2. The Kier molecular flexibility index (Phi) is 3.95. The van der Waals surface area contributed by atoms with Crippen molar-refractivity contribution in [3.05, 3.63) is 35.8 Å². The zero-order chi connectivity index (χ0) is 11.3. The average Bonchev–Trinajstić information content (AvgIpc) is 2.26. The minimum Gasteiger partial charge on any atom is -0.494 e. The van der Waals surface area contributed by atoms with E-state index in [1.54, 1.807) is 12.2 Å². The van der Waals surface area contributed by atoms with Gasteiger partial charge in [0, 0.05) is 5.41 Å². The van der Waals surface area contributed by atoms with Gasteiger partial charge in [-0.1, -0.05) is 13.8 Å². The van der Waals surface area contributed by atoms with Crippen LogP contribution < -0.4 is 0 Å². The summed E-state index contributed by atoms with van der Waals surface area (Å²) in [6.07, 6.45) is 7.37. The summed E-state index contributed by atoms with van der Waals surface area (Å²) in [5.74, 6) is 1.32. The van der Waals surface area contributed by atoms with E-state index in [0.717, 1.165) is 5.76 Å². The van der Waals surface area contributed by atoms with E-state index in [4.69, 9.17) is 9.47 Å². The maximum atomic E-state index is 12.1. The molecule has 84 valence electrons. The van der Waals surface area contributed by atoms with Crippen molar-refractivity contribution in [2.24, 2.45) is 5.41 Å². The van der Waals surface area contributed by atoms with Gasteiger partial charge in [-0.05, 0) is 31.2 Å². The van der Waals surface area contributed by atoms with Crippen LogP contribution in [-0.2, 0) is 9.47 Å². The van der Waals surface area contributed by atoms with E-state index in [1.807, 2.05) is 32.9 Å². The van der Waals surface area contributed by atoms with E-state index in [0.29, 0.717) is 12.4 Å². The Morgan fingerprint density at radius 1 is 1.13 bits per heavy atom. The normalized spacial score (nSPS) is 18.9. The van der Waals surface area contributed by atoms with E-state index >= 15 is 0 Å². The van der Waals surface area contributed by atoms with E-state index in [9.17, 15) is 4.39 Å². The predicted octanol–water partition coefficient (Wildman–Crippen LogP) is 3.33. The highest BCUT2D eigenvalue weighted by Gasteiger charge is 2.17. The van der Waals surface area contributed by atoms with E-state index in [1.165, 1.54) is 0 Å². The Balaban J connectivity index is 2.86. The molecule has 15 heavy (non-hydrogen) atoms. The second-order valence-corrected chi connectivity index (χ2v) is 3.93. The molecule has 0 radical (unpaired) electrons. The number of hydrogen-bond donors (Lipinski definition) is 0. The maximum absolute atomic E-state index is 12.1. The third kappa shape index (κ3) is 3.78. The van der Waals surface area contributed by atoms with Crippen molar-refractivity contribution < 1.29 is 13.9 Å². The van der Waals surface area contributed by atoms with Gasteiger partial charge in [-0.25, -0.2) is 4.39 Å². The summed E-state index contributed by atoms with van der Waals surface area (Å²) < 4.78 is 22.3. The van der Waals surface area contributed by atoms with Gasteiger partial charge in [0.2, 0.25) is 6.86 Å². The molecule has 3 heteroatoms. The number of allylic oxidation sites excluding steroid dienone is 4. The Labute approximate surface area is 90.1 Å². The molecule has 1 rings (SSSR count). The number of halogens is 1. The smallest absolute Gasteiger partial charge is 0.228 e. The summed E-state index contributed by atoms with van der Waals surface area (Å²) in [5.41, 5.74) is -0.196. The molecule has 0 amide bonds. The van der Waals surface area contributed by atoms with Crippen molar-refractivity contribution in [1.29, 1.82) is 0 Å². The van der Waals surface area contributed by atoms with Crippen LogP contribution in [0.3, 0.4) is 0 Å². The van der Waals surface area contributed by atoms with Crippen LogP contribution in [0.25, 0.3) is 0 Å². The zero-order valence-electron chi connectivity index (χ0n) is 9.42. The van der Waals surface area contributed by atoms with Crippen LogP contribution in [0.1, 0.15) is 20.8 Å². The van der Waals surface area contributed by atoms with Crippen LogP contribution in [0.4, 0.5) is 4.39 Å². The van der Waals surface area contributed by atoms with Gasteiger partial charge in [-0.15, -0.1) is 0 Å². The van der Waals surface area contributed by atoms with Crippen LogP contribution in [-0.4, -0.2) is 13.5 Å². The van der Waals surface area contributed by atoms with Gasteiger partial charge in [-0.2, -0.15) is 0 Å². The molecular formula is C12H17FO2. The first-order chi connectivity index (χ1) is 7.07. The molecule has 1 aliphatic rings. The van der Waals surface area contributed by atoms with Crippen molar-refractivity contribution >= 4 is 0 Å². The molecule has 0 bridgehead atoms. The monoisotopic (exact) mass is 212 g/mol. The fourth-order valence-electron chi connectivity index (χ4n) is 1.44. The van der Waals surface area contributed by atoms with Crippen LogP contribution >= 0.6 is 0 Å². The van der Waals surface area contributed by atoms with Crippen molar-refractivity contribution in [3.8, 4) is 0 Å². The quantitative estimate of drug-likeness (QED) is 0.711. The minimum atomic E-state index is -0.809. The Morgan fingerprint density at radius 3 is 2.13 bits per heavy atom. The summed E-state index contributed by atoms with van der Waals surface area (Å²) in [7, 11) is 0. The van der Waals surface area contributed by atoms with Crippen molar-refractivity contribution in [2.45, 2.75) is 20.8 Å². The molecular weight excluding hydrogens is 195 g/mol. The largest absolute Gasteiger partial charge is 0.494 e. The van der Waals surface area contributed by atoms with Crippen LogP contribution in [0, 0.1) is 5.41 Å². The average molecular weight is 212 g/mol. The van der Waals surface area contributed by atoms with Crippen molar-refractivity contribution in [1.82, 2.24) is 0 Å². The van der Waals surface area contributed by atoms with Crippen LogP contribution in [0.15, 0.2) is 35.8 Å². The summed E-state index contributed by atoms with van der Waals surface area (Å²) in [4.78, 5) is 0. The zero-order valence-corrected chi connectivity index (χ0v) is 9.42. The number of alkyl halides is 1. The second kappa shape index (κ2) is 5.01. The highest BCUT2D eigenvalue weighted by atomic mass is 19.1. The molecule has 1 aliphatic carbocycles. The van der Waals surface area contributed by atoms with E-state index in [-0.39, 0.29) is 5.41 Å². The molecule has 0 aromatic rings. The molecule has 0 heterocycles.